The number of benzene rings is 8. The lowest BCUT2D eigenvalue weighted by Gasteiger charge is -2.25. The van der Waals surface area contributed by atoms with Crippen LogP contribution >= 0.6 is 0 Å². The average molecular weight is 691 g/mol. The van der Waals surface area contributed by atoms with Gasteiger partial charge in [-0.15, -0.1) is 0 Å². The smallest absolute Gasteiger partial charge is 0.160 e. The highest BCUT2D eigenvalue weighted by molar-refractivity contribution is 6.20. The van der Waals surface area contributed by atoms with E-state index < -0.39 is 0 Å². The molecule has 1 aromatic heterocycles. The van der Waals surface area contributed by atoms with Crippen LogP contribution in [0.3, 0.4) is 0 Å². The van der Waals surface area contributed by atoms with Gasteiger partial charge in [0, 0.05) is 28.3 Å². The number of nitrogens with zero attached hydrogens (tertiary/aromatic N) is 3. The first-order valence-corrected chi connectivity index (χ1v) is 18.3. The molecule has 0 fully saturated rings. The minimum absolute atomic E-state index is 0.352. The highest BCUT2D eigenvalue weighted by Gasteiger charge is 2.23. The molecule has 0 radical (unpaired) electrons. The highest BCUT2D eigenvalue weighted by atomic mass is 15.2. The molecule has 254 valence electrons. The summed E-state index contributed by atoms with van der Waals surface area (Å²) in [5.41, 5.74) is 10.8. The predicted octanol–water partition coefficient (Wildman–Crippen LogP) is 12.0. The van der Waals surface area contributed by atoms with Crippen LogP contribution in [-0.4, -0.2) is 16.7 Å². The molecule has 8 aromatic carbocycles. The van der Waals surface area contributed by atoms with E-state index >= 15 is 0 Å². The van der Waals surface area contributed by atoms with Crippen LogP contribution in [0.15, 0.2) is 204 Å². The van der Waals surface area contributed by atoms with E-state index in [0.717, 1.165) is 61.2 Å². The highest BCUT2D eigenvalue weighted by Crippen LogP contribution is 2.38. The number of pyridine rings is 1. The van der Waals surface area contributed by atoms with Crippen molar-refractivity contribution in [1.29, 1.82) is 0 Å². The summed E-state index contributed by atoms with van der Waals surface area (Å²) >= 11 is 0. The van der Waals surface area contributed by atoms with Crippen molar-refractivity contribution in [1.82, 2.24) is 10.3 Å². The Morgan fingerprint density at radius 1 is 0.407 bits per heavy atom. The van der Waals surface area contributed by atoms with Gasteiger partial charge in [0.15, 0.2) is 5.84 Å². The van der Waals surface area contributed by atoms with E-state index in [0.29, 0.717) is 5.84 Å². The molecule has 4 heteroatoms. The van der Waals surface area contributed by atoms with Crippen molar-refractivity contribution in [2.75, 3.05) is 0 Å². The lowest BCUT2D eigenvalue weighted by Crippen LogP contribution is -2.33. The minimum atomic E-state index is -0.352. The third kappa shape index (κ3) is 5.71. The fourth-order valence-corrected chi connectivity index (χ4v) is 7.69. The summed E-state index contributed by atoms with van der Waals surface area (Å²) < 4.78 is 0. The molecular weight excluding hydrogens is 657 g/mol. The zero-order valence-corrected chi connectivity index (χ0v) is 29.4. The van der Waals surface area contributed by atoms with Crippen molar-refractivity contribution in [2.45, 2.75) is 6.17 Å². The van der Waals surface area contributed by atoms with Gasteiger partial charge in [-0.25, -0.2) is 9.98 Å². The molecule has 1 aliphatic rings. The molecule has 54 heavy (non-hydrogen) atoms. The van der Waals surface area contributed by atoms with E-state index in [4.69, 9.17) is 15.0 Å². The zero-order valence-electron chi connectivity index (χ0n) is 29.4. The van der Waals surface area contributed by atoms with E-state index in [1.165, 1.54) is 27.1 Å². The van der Waals surface area contributed by atoms with Crippen molar-refractivity contribution in [2.24, 2.45) is 9.98 Å². The predicted molar refractivity (Wildman–Crippen MR) is 225 cm³/mol. The molecule has 1 unspecified atom stereocenters. The van der Waals surface area contributed by atoms with Gasteiger partial charge < -0.3 is 5.32 Å². The second kappa shape index (κ2) is 13.4. The summed E-state index contributed by atoms with van der Waals surface area (Å²) in [4.78, 5) is 15.4. The lowest BCUT2D eigenvalue weighted by molar-refractivity contribution is 0.674. The van der Waals surface area contributed by atoms with Crippen LogP contribution in [0.4, 0.5) is 0 Å². The van der Waals surface area contributed by atoms with Gasteiger partial charge in [0.1, 0.15) is 12.0 Å². The molecule has 0 bridgehead atoms. The fourth-order valence-electron chi connectivity index (χ4n) is 7.69. The molecule has 0 aliphatic carbocycles. The normalized spacial score (nSPS) is 14.1. The van der Waals surface area contributed by atoms with E-state index in [1.54, 1.807) is 0 Å². The van der Waals surface area contributed by atoms with Crippen LogP contribution in [0.1, 0.15) is 22.9 Å². The van der Waals surface area contributed by atoms with Crippen molar-refractivity contribution in [3.63, 3.8) is 0 Å². The van der Waals surface area contributed by atoms with Gasteiger partial charge in [-0.05, 0) is 67.1 Å². The van der Waals surface area contributed by atoms with Gasteiger partial charge in [-0.1, -0.05) is 176 Å². The molecule has 0 saturated heterocycles. The second-order valence-electron chi connectivity index (χ2n) is 13.6. The summed E-state index contributed by atoms with van der Waals surface area (Å²) in [5, 5.41) is 9.75. The fraction of sp³-hybridized carbons (Fsp3) is 0.0200. The summed E-state index contributed by atoms with van der Waals surface area (Å²) in [6.07, 6.45) is 1.53. The van der Waals surface area contributed by atoms with Crippen molar-refractivity contribution >= 4 is 44.1 Å². The average Bonchev–Trinajstić information content (AvgIpc) is 3.26. The van der Waals surface area contributed by atoms with E-state index in [1.807, 2.05) is 24.4 Å². The van der Waals surface area contributed by atoms with Crippen LogP contribution in [-0.2, 0) is 0 Å². The molecule has 0 saturated carbocycles. The van der Waals surface area contributed by atoms with Crippen molar-refractivity contribution in [3.05, 3.63) is 211 Å². The quantitative estimate of drug-likeness (QED) is 0.177. The third-order valence-corrected chi connectivity index (χ3v) is 10.4. The molecule has 4 nitrogen and oxygen atoms in total. The molecule has 0 spiro atoms. The van der Waals surface area contributed by atoms with Gasteiger partial charge in [-0.3, -0.25) is 4.98 Å². The van der Waals surface area contributed by atoms with Gasteiger partial charge in [0.05, 0.1) is 5.52 Å². The number of fused-ring (bicyclic) bond motifs is 5. The maximum Gasteiger partial charge on any atom is 0.160 e. The summed E-state index contributed by atoms with van der Waals surface area (Å²) in [6, 6.07) is 66.2. The molecule has 1 N–H and O–H groups in total. The molecule has 0 amide bonds. The van der Waals surface area contributed by atoms with Gasteiger partial charge in [0.2, 0.25) is 0 Å². The Labute approximate surface area is 313 Å². The Kier molecular flexibility index (Phi) is 7.85. The topological polar surface area (TPSA) is 49.6 Å². The van der Waals surface area contributed by atoms with Crippen molar-refractivity contribution in [3.8, 4) is 33.4 Å². The summed E-state index contributed by atoms with van der Waals surface area (Å²) in [5.74, 6) is 1.48. The standard InChI is InChI=1S/C50H34N4/c1-3-12-33(13-4-1)34-21-25-38(26-22-34)48-52-49(54-50(53-48)44-19-10-9-17-40(44)35-14-5-2-6-15-35)39-27-23-37(24-28-39)45-32-46-41-18-8-7-16-36(41)29-30-42(46)43-20-11-31-51-47(43)45/h1-32,49H,(H,52,53,54). The summed E-state index contributed by atoms with van der Waals surface area (Å²) in [7, 11) is 0. The molecule has 2 heterocycles. The van der Waals surface area contributed by atoms with Crippen molar-refractivity contribution < 1.29 is 0 Å². The minimum Gasteiger partial charge on any atom is -0.344 e. The number of rotatable bonds is 6. The molecule has 1 atom stereocenters. The van der Waals surface area contributed by atoms with Gasteiger partial charge >= 0.3 is 0 Å². The Hall–Kier alpha value is -7.17. The van der Waals surface area contributed by atoms with Crippen LogP contribution in [0.25, 0.3) is 65.8 Å². The first-order chi connectivity index (χ1) is 26.8. The first-order valence-electron chi connectivity index (χ1n) is 18.3. The van der Waals surface area contributed by atoms with E-state index in [-0.39, 0.29) is 6.17 Å². The van der Waals surface area contributed by atoms with Crippen LogP contribution in [0, 0.1) is 0 Å². The van der Waals surface area contributed by atoms with Crippen LogP contribution < -0.4 is 5.32 Å². The number of amidine groups is 2. The monoisotopic (exact) mass is 690 g/mol. The van der Waals surface area contributed by atoms with Gasteiger partial charge in [-0.2, -0.15) is 0 Å². The molecular formula is C50H34N4. The maximum atomic E-state index is 5.28. The Balaban J connectivity index is 1.07. The molecule has 1 aliphatic heterocycles. The van der Waals surface area contributed by atoms with E-state index in [2.05, 4.69) is 175 Å². The third-order valence-electron chi connectivity index (χ3n) is 10.4. The zero-order chi connectivity index (χ0) is 35.8. The van der Waals surface area contributed by atoms with Crippen LogP contribution in [0.2, 0.25) is 0 Å². The SMILES string of the molecule is c1ccc(-c2ccc(C3=NC(c4ccccc4-c4ccccc4)=NC(c4ccc(-c5cc6c7ccccc7ccc6c6cccnc56)cc4)N3)cc2)cc1. The van der Waals surface area contributed by atoms with E-state index in [9.17, 15) is 0 Å². The molecule has 10 rings (SSSR count). The number of hydrogen-bond donors (Lipinski definition) is 1. The number of aliphatic imine (C=N–C) groups is 2. The number of nitrogens with one attached hydrogen (secondary N) is 1. The Morgan fingerprint density at radius 2 is 1.02 bits per heavy atom. The summed E-state index contributed by atoms with van der Waals surface area (Å²) in [6.45, 7) is 0. The first kappa shape index (κ1) is 31.6. The Morgan fingerprint density at radius 3 is 1.81 bits per heavy atom. The van der Waals surface area contributed by atoms with Crippen LogP contribution in [0.5, 0.6) is 0 Å². The second-order valence-corrected chi connectivity index (χ2v) is 13.6. The number of aromatic nitrogens is 1. The Bertz CT molecular complexity index is 2880. The molecule has 9 aromatic rings. The number of hydrogen-bond acceptors (Lipinski definition) is 4. The van der Waals surface area contributed by atoms with Gasteiger partial charge in [0.25, 0.3) is 0 Å². The lowest BCUT2D eigenvalue weighted by atomic mass is 9.93. The largest absolute Gasteiger partial charge is 0.344 e. The maximum absolute atomic E-state index is 5.28.